The van der Waals surface area contributed by atoms with Gasteiger partial charge in [0.25, 0.3) is 0 Å². The summed E-state index contributed by atoms with van der Waals surface area (Å²) < 4.78 is 5.28. The third-order valence-corrected chi connectivity index (χ3v) is 5.39. The maximum Gasteiger partial charge on any atom is 0.341 e. The lowest BCUT2D eigenvalue weighted by Gasteiger charge is -2.35. The fourth-order valence-electron chi connectivity index (χ4n) is 3.48. The van der Waals surface area contributed by atoms with Crippen LogP contribution in [0.15, 0.2) is 11.6 Å². The third-order valence-electron chi connectivity index (χ3n) is 5.39. The highest BCUT2D eigenvalue weighted by Gasteiger charge is 2.50. The fraction of sp³-hybridized carbons (Fsp3) is 0.812. The summed E-state index contributed by atoms with van der Waals surface area (Å²) in [5, 5.41) is 30.4. The number of rotatable bonds is 5. The van der Waals surface area contributed by atoms with E-state index in [9.17, 15) is 20.1 Å². The lowest BCUT2D eigenvalue weighted by atomic mass is 9.85. The second-order valence-electron chi connectivity index (χ2n) is 6.86. The van der Waals surface area contributed by atoms with Gasteiger partial charge in [-0.05, 0) is 31.8 Å². The maximum atomic E-state index is 12.2. The molecular weight excluding hydrogens is 286 g/mol. The highest BCUT2D eigenvalue weighted by molar-refractivity contribution is 5.80. The zero-order chi connectivity index (χ0) is 16.7. The summed E-state index contributed by atoms with van der Waals surface area (Å²) in [7, 11) is 0. The lowest BCUT2D eigenvalue weighted by molar-refractivity contribution is -0.184. The molecule has 4 atom stereocenters. The predicted octanol–water partition coefficient (Wildman–Crippen LogP) is 0.0628. The molecule has 2 heterocycles. The quantitative estimate of drug-likeness (QED) is 0.491. The molecule has 2 rings (SSSR count). The molecule has 2 aliphatic rings. The van der Waals surface area contributed by atoms with E-state index in [1.165, 1.54) is 6.92 Å². The zero-order valence-corrected chi connectivity index (χ0v) is 13.7. The Hall–Kier alpha value is -0.950. The van der Waals surface area contributed by atoms with E-state index in [-0.39, 0.29) is 6.61 Å². The Morgan fingerprint density at radius 1 is 1.55 bits per heavy atom. The molecule has 0 aromatic heterocycles. The molecule has 3 N–H and O–H groups in total. The normalized spacial score (nSPS) is 32.5. The average molecular weight is 313 g/mol. The lowest BCUT2D eigenvalue weighted by Crippen LogP contribution is -2.54. The molecule has 1 saturated heterocycles. The maximum absolute atomic E-state index is 12.2. The van der Waals surface area contributed by atoms with Gasteiger partial charge in [-0.25, -0.2) is 4.79 Å². The minimum Gasteiger partial charge on any atom is -0.459 e. The minimum atomic E-state index is -1.92. The van der Waals surface area contributed by atoms with Gasteiger partial charge in [0.2, 0.25) is 0 Å². The number of aliphatic hydroxyl groups excluding tert-OH is 2. The summed E-state index contributed by atoms with van der Waals surface area (Å²) in [5.74, 6) is -1.30. The molecular formula is C16H27NO5. The summed E-state index contributed by atoms with van der Waals surface area (Å²) in [5.41, 5.74) is -1.57. The molecule has 0 amide bonds. The number of carbonyl (C=O) groups is 1. The smallest absolute Gasteiger partial charge is 0.341 e. The Morgan fingerprint density at radius 2 is 2.18 bits per heavy atom. The van der Waals surface area contributed by atoms with Gasteiger partial charge < -0.3 is 20.1 Å². The van der Waals surface area contributed by atoms with Gasteiger partial charge in [0.1, 0.15) is 6.61 Å². The van der Waals surface area contributed by atoms with Crippen molar-refractivity contribution in [1.29, 1.82) is 0 Å². The Labute approximate surface area is 131 Å². The molecule has 0 aliphatic carbocycles. The highest BCUT2D eigenvalue weighted by atomic mass is 16.6. The highest BCUT2D eigenvalue weighted by Crippen LogP contribution is 2.40. The van der Waals surface area contributed by atoms with Crippen molar-refractivity contribution in [3.05, 3.63) is 11.6 Å². The Bertz CT molecular complexity index is 465. The molecule has 6 heteroatoms. The molecule has 0 radical (unpaired) electrons. The average Bonchev–Trinajstić information content (AvgIpc) is 2.91. The van der Waals surface area contributed by atoms with E-state index in [1.807, 2.05) is 13.0 Å². The molecule has 6 nitrogen and oxygen atoms in total. The van der Waals surface area contributed by atoms with Crippen LogP contribution in [0.25, 0.3) is 0 Å². The molecule has 2 aliphatic heterocycles. The molecule has 0 saturated carbocycles. The second-order valence-corrected chi connectivity index (χ2v) is 6.86. The topological polar surface area (TPSA) is 90.2 Å². The van der Waals surface area contributed by atoms with Crippen molar-refractivity contribution < 1.29 is 24.9 Å². The van der Waals surface area contributed by atoms with Crippen molar-refractivity contribution in [2.24, 2.45) is 5.92 Å². The van der Waals surface area contributed by atoms with Gasteiger partial charge in [-0.15, -0.1) is 0 Å². The van der Waals surface area contributed by atoms with Crippen LogP contribution in [0.3, 0.4) is 0 Å². The van der Waals surface area contributed by atoms with Gasteiger partial charge in [-0.2, -0.15) is 0 Å². The number of hydrogen-bond acceptors (Lipinski definition) is 6. The van der Waals surface area contributed by atoms with Crippen molar-refractivity contribution in [3.8, 4) is 0 Å². The molecule has 0 aromatic carbocycles. The van der Waals surface area contributed by atoms with E-state index < -0.39 is 35.2 Å². The molecule has 1 fully saturated rings. The summed E-state index contributed by atoms with van der Waals surface area (Å²) in [6, 6.07) is 0. The van der Waals surface area contributed by atoms with Gasteiger partial charge in [-0.3, -0.25) is 4.90 Å². The van der Waals surface area contributed by atoms with E-state index in [4.69, 9.17) is 4.74 Å². The van der Waals surface area contributed by atoms with E-state index in [0.717, 1.165) is 18.7 Å². The van der Waals surface area contributed by atoms with Gasteiger partial charge in [0.05, 0.1) is 17.7 Å². The van der Waals surface area contributed by atoms with E-state index in [0.29, 0.717) is 6.42 Å². The first-order chi connectivity index (χ1) is 10.1. The number of hydrogen-bond donors (Lipinski definition) is 3. The second kappa shape index (κ2) is 5.92. The Kier molecular flexibility index (Phi) is 4.69. The van der Waals surface area contributed by atoms with Gasteiger partial charge in [0.15, 0.2) is 5.60 Å². The van der Waals surface area contributed by atoms with Crippen molar-refractivity contribution in [1.82, 2.24) is 4.90 Å². The van der Waals surface area contributed by atoms with Crippen molar-refractivity contribution >= 4 is 5.97 Å². The summed E-state index contributed by atoms with van der Waals surface area (Å²) in [6.07, 6.45) is 0.958. The van der Waals surface area contributed by atoms with Crippen LogP contribution in [0.2, 0.25) is 0 Å². The minimum absolute atomic E-state index is 0.0185. The molecule has 0 spiro atoms. The number of carbonyl (C=O) groups excluding carboxylic acids is 1. The van der Waals surface area contributed by atoms with Gasteiger partial charge in [-0.1, -0.05) is 19.9 Å². The molecule has 0 bridgehead atoms. The largest absolute Gasteiger partial charge is 0.459 e. The number of ether oxygens (including phenoxy) is 1. The van der Waals surface area contributed by atoms with Gasteiger partial charge in [0, 0.05) is 13.1 Å². The van der Waals surface area contributed by atoms with E-state index >= 15 is 0 Å². The van der Waals surface area contributed by atoms with Crippen molar-refractivity contribution in [3.63, 3.8) is 0 Å². The first-order valence-corrected chi connectivity index (χ1v) is 7.85. The zero-order valence-electron chi connectivity index (χ0n) is 13.7. The molecule has 22 heavy (non-hydrogen) atoms. The van der Waals surface area contributed by atoms with Gasteiger partial charge >= 0.3 is 5.97 Å². The van der Waals surface area contributed by atoms with Crippen LogP contribution in [0.1, 0.15) is 34.1 Å². The van der Waals surface area contributed by atoms with Crippen LogP contribution in [0, 0.1) is 5.92 Å². The first-order valence-electron chi connectivity index (χ1n) is 7.85. The van der Waals surface area contributed by atoms with Crippen LogP contribution >= 0.6 is 0 Å². The van der Waals surface area contributed by atoms with E-state index in [2.05, 4.69) is 4.90 Å². The fourth-order valence-corrected chi connectivity index (χ4v) is 3.48. The number of nitrogens with zero attached hydrogens (tertiary/aromatic N) is 1. The first kappa shape index (κ1) is 17.4. The summed E-state index contributed by atoms with van der Waals surface area (Å²) in [4.78, 5) is 14.4. The predicted molar refractivity (Wildman–Crippen MR) is 81.1 cm³/mol. The van der Waals surface area contributed by atoms with Crippen LogP contribution in [0.5, 0.6) is 0 Å². The summed E-state index contributed by atoms with van der Waals surface area (Å²) in [6.45, 7) is 8.20. The number of aliphatic hydroxyl groups is 3. The summed E-state index contributed by atoms with van der Waals surface area (Å²) >= 11 is 0. The monoisotopic (exact) mass is 313 g/mol. The van der Waals surface area contributed by atoms with Crippen molar-refractivity contribution in [2.45, 2.75) is 57.5 Å². The Balaban J connectivity index is 2.06. The van der Waals surface area contributed by atoms with Crippen LogP contribution < -0.4 is 0 Å². The number of fused-ring (bicyclic) bond motifs is 1. The van der Waals surface area contributed by atoms with Crippen LogP contribution in [0.4, 0.5) is 0 Å². The van der Waals surface area contributed by atoms with Crippen LogP contribution in [-0.4, -0.2) is 69.2 Å². The molecule has 4 unspecified atom stereocenters. The molecule has 126 valence electrons. The van der Waals surface area contributed by atoms with Crippen molar-refractivity contribution in [2.75, 3.05) is 19.7 Å². The number of esters is 1. The standard InChI is InChI=1S/C16H27NO5/c1-10(2)16(21,11(3)18)14(20)22-9-12-5-7-17-8-6-13(19)15(12,17)4/h5,10-11,13,18-19,21H,6-9H2,1-4H3. The SMILES string of the molecule is CC(C)C(O)(C(=O)OCC1=CCN2CCC(O)C12C)C(C)O. The molecule has 0 aromatic rings. The third kappa shape index (κ3) is 2.48. The Morgan fingerprint density at radius 3 is 2.73 bits per heavy atom. The van der Waals surface area contributed by atoms with E-state index in [1.54, 1.807) is 13.8 Å². The van der Waals surface area contributed by atoms with Crippen LogP contribution in [-0.2, 0) is 9.53 Å².